The Balaban J connectivity index is 1.97. The molecule has 0 saturated carbocycles. The van der Waals surface area contributed by atoms with Gasteiger partial charge in [0, 0.05) is 19.7 Å². The Kier molecular flexibility index (Phi) is 8.70. The lowest BCUT2D eigenvalue weighted by atomic mass is 10.1. The van der Waals surface area contributed by atoms with Gasteiger partial charge in [0.25, 0.3) is 0 Å². The molecule has 2 heterocycles. The van der Waals surface area contributed by atoms with Crippen molar-refractivity contribution >= 4 is 5.96 Å². The largest absolute Gasteiger partial charge is 0.468 e. The Labute approximate surface area is 145 Å². The topological polar surface area (TPSA) is 62.0 Å². The van der Waals surface area contributed by atoms with Crippen LogP contribution in [0.3, 0.4) is 0 Å². The number of nitrogens with one attached hydrogen (secondary N) is 2. The summed E-state index contributed by atoms with van der Waals surface area (Å²) < 4.78 is 11.1. The molecule has 6 nitrogen and oxygen atoms in total. The van der Waals surface area contributed by atoms with Gasteiger partial charge in [0.15, 0.2) is 5.96 Å². The molecule has 1 saturated heterocycles. The van der Waals surface area contributed by atoms with Gasteiger partial charge in [-0.3, -0.25) is 9.89 Å². The fourth-order valence-corrected chi connectivity index (χ4v) is 3.00. The zero-order valence-electron chi connectivity index (χ0n) is 15.1. The van der Waals surface area contributed by atoms with E-state index in [1.54, 1.807) is 6.26 Å². The third-order valence-corrected chi connectivity index (χ3v) is 4.21. The summed E-state index contributed by atoms with van der Waals surface area (Å²) in [6, 6.07) is 4.23. The molecule has 1 aliphatic heterocycles. The Morgan fingerprint density at radius 2 is 2.12 bits per heavy atom. The molecule has 136 valence electrons. The van der Waals surface area contributed by atoms with Crippen LogP contribution in [-0.2, 0) is 4.74 Å². The van der Waals surface area contributed by atoms with Crippen molar-refractivity contribution in [3.63, 3.8) is 0 Å². The van der Waals surface area contributed by atoms with Crippen LogP contribution in [0.15, 0.2) is 27.8 Å². The SMILES string of the molecule is CCNC(=NCC(c1ccco1)N1CCCCC1)NCCOCC. The van der Waals surface area contributed by atoms with Crippen molar-refractivity contribution < 1.29 is 9.15 Å². The molecule has 0 aliphatic carbocycles. The molecule has 1 fully saturated rings. The lowest BCUT2D eigenvalue weighted by Crippen LogP contribution is -2.40. The van der Waals surface area contributed by atoms with Crippen molar-refractivity contribution in [1.29, 1.82) is 0 Å². The Bertz CT molecular complexity index is 456. The average molecular weight is 336 g/mol. The molecular formula is C18H32N4O2. The Morgan fingerprint density at radius 1 is 1.29 bits per heavy atom. The quantitative estimate of drug-likeness (QED) is 0.412. The zero-order valence-corrected chi connectivity index (χ0v) is 15.1. The number of piperidine rings is 1. The molecule has 0 bridgehead atoms. The maximum absolute atomic E-state index is 5.68. The number of furan rings is 1. The summed E-state index contributed by atoms with van der Waals surface area (Å²) in [5.41, 5.74) is 0. The Morgan fingerprint density at radius 3 is 2.79 bits per heavy atom. The van der Waals surface area contributed by atoms with Gasteiger partial charge in [-0.25, -0.2) is 0 Å². The maximum Gasteiger partial charge on any atom is 0.191 e. The standard InChI is InChI=1S/C18H32N4O2/c1-3-19-18(20-10-14-23-4-2)21-15-16(17-9-8-13-24-17)22-11-6-5-7-12-22/h8-9,13,16H,3-7,10-12,14-15H2,1-2H3,(H2,19,20,21). The highest BCUT2D eigenvalue weighted by molar-refractivity contribution is 5.79. The molecule has 2 rings (SSSR count). The van der Waals surface area contributed by atoms with Crippen molar-refractivity contribution in [2.24, 2.45) is 4.99 Å². The number of rotatable bonds is 9. The fraction of sp³-hybridized carbons (Fsp3) is 0.722. The predicted molar refractivity (Wildman–Crippen MR) is 97.3 cm³/mol. The first kappa shape index (κ1) is 18.8. The summed E-state index contributed by atoms with van der Waals surface area (Å²) in [6.07, 6.45) is 5.59. The number of aliphatic imine (C=N–C) groups is 1. The molecule has 0 amide bonds. The highest BCUT2D eigenvalue weighted by Gasteiger charge is 2.24. The molecule has 24 heavy (non-hydrogen) atoms. The van der Waals surface area contributed by atoms with Gasteiger partial charge in [-0.05, 0) is 51.9 Å². The van der Waals surface area contributed by atoms with Crippen LogP contribution in [0.2, 0.25) is 0 Å². The van der Waals surface area contributed by atoms with Crippen molar-refractivity contribution in [3.05, 3.63) is 24.2 Å². The van der Waals surface area contributed by atoms with E-state index in [0.29, 0.717) is 13.2 Å². The van der Waals surface area contributed by atoms with Crippen LogP contribution < -0.4 is 10.6 Å². The van der Waals surface area contributed by atoms with Gasteiger partial charge in [0.1, 0.15) is 5.76 Å². The van der Waals surface area contributed by atoms with E-state index in [1.165, 1.54) is 19.3 Å². The second-order valence-electron chi connectivity index (χ2n) is 5.97. The van der Waals surface area contributed by atoms with Crippen molar-refractivity contribution in [2.75, 3.05) is 45.9 Å². The molecule has 6 heteroatoms. The van der Waals surface area contributed by atoms with Gasteiger partial charge < -0.3 is 19.8 Å². The van der Waals surface area contributed by atoms with Crippen LogP contribution >= 0.6 is 0 Å². The Hall–Kier alpha value is -1.53. The highest BCUT2D eigenvalue weighted by Crippen LogP contribution is 2.25. The van der Waals surface area contributed by atoms with Gasteiger partial charge in [0.05, 0.1) is 25.5 Å². The monoisotopic (exact) mass is 336 g/mol. The zero-order chi connectivity index (χ0) is 17.0. The molecule has 1 aliphatic rings. The molecule has 2 N–H and O–H groups in total. The molecule has 0 aromatic carbocycles. The average Bonchev–Trinajstić information content (AvgIpc) is 3.14. The number of ether oxygens (including phenoxy) is 1. The van der Waals surface area contributed by atoms with Crippen LogP contribution in [0.25, 0.3) is 0 Å². The van der Waals surface area contributed by atoms with Gasteiger partial charge >= 0.3 is 0 Å². The molecule has 0 radical (unpaired) electrons. The minimum absolute atomic E-state index is 0.211. The normalized spacial score (nSPS) is 17.7. The summed E-state index contributed by atoms with van der Waals surface area (Å²) >= 11 is 0. The van der Waals surface area contributed by atoms with Crippen LogP contribution in [0.4, 0.5) is 0 Å². The third-order valence-electron chi connectivity index (χ3n) is 4.21. The fourth-order valence-electron chi connectivity index (χ4n) is 3.00. The molecular weight excluding hydrogens is 304 g/mol. The lowest BCUT2D eigenvalue weighted by molar-refractivity contribution is 0.149. The van der Waals surface area contributed by atoms with E-state index < -0.39 is 0 Å². The summed E-state index contributed by atoms with van der Waals surface area (Å²) in [4.78, 5) is 7.28. The predicted octanol–water partition coefficient (Wildman–Crippen LogP) is 2.40. The summed E-state index contributed by atoms with van der Waals surface area (Å²) in [5, 5.41) is 6.62. The third kappa shape index (κ3) is 6.17. The van der Waals surface area contributed by atoms with Gasteiger partial charge in [-0.15, -0.1) is 0 Å². The number of guanidine groups is 1. The molecule has 1 aromatic rings. The van der Waals surface area contributed by atoms with Crippen LogP contribution in [0.5, 0.6) is 0 Å². The van der Waals surface area contributed by atoms with E-state index in [9.17, 15) is 0 Å². The number of hydrogen-bond donors (Lipinski definition) is 2. The second kappa shape index (κ2) is 11.1. The lowest BCUT2D eigenvalue weighted by Gasteiger charge is -2.32. The first-order valence-electron chi connectivity index (χ1n) is 9.22. The summed E-state index contributed by atoms with van der Waals surface area (Å²) in [6.45, 7) is 10.0. The number of likely N-dealkylation sites (tertiary alicyclic amines) is 1. The van der Waals surface area contributed by atoms with Gasteiger partial charge in [-0.2, -0.15) is 0 Å². The molecule has 1 aromatic heterocycles. The van der Waals surface area contributed by atoms with E-state index in [0.717, 1.165) is 44.5 Å². The minimum atomic E-state index is 0.211. The van der Waals surface area contributed by atoms with E-state index in [1.807, 2.05) is 13.0 Å². The van der Waals surface area contributed by atoms with Gasteiger partial charge in [-0.1, -0.05) is 6.42 Å². The number of nitrogens with zero attached hydrogens (tertiary/aromatic N) is 2. The maximum atomic E-state index is 5.68. The van der Waals surface area contributed by atoms with E-state index >= 15 is 0 Å². The molecule has 1 atom stereocenters. The van der Waals surface area contributed by atoms with Crippen molar-refractivity contribution in [3.8, 4) is 0 Å². The number of hydrogen-bond acceptors (Lipinski definition) is 4. The van der Waals surface area contributed by atoms with Crippen LogP contribution in [0.1, 0.15) is 44.9 Å². The van der Waals surface area contributed by atoms with Crippen molar-refractivity contribution in [1.82, 2.24) is 15.5 Å². The van der Waals surface area contributed by atoms with Crippen LogP contribution in [0, 0.1) is 0 Å². The molecule has 0 spiro atoms. The van der Waals surface area contributed by atoms with Gasteiger partial charge in [0.2, 0.25) is 0 Å². The smallest absolute Gasteiger partial charge is 0.191 e. The summed E-state index contributed by atoms with van der Waals surface area (Å²) in [5.74, 6) is 1.84. The first-order chi connectivity index (χ1) is 11.8. The van der Waals surface area contributed by atoms with E-state index in [2.05, 4.69) is 28.5 Å². The van der Waals surface area contributed by atoms with Crippen molar-refractivity contribution in [2.45, 2.75) is 39.2 Å². The highest BCUT2D eigenvalue weighted by atomic mass is 16.5. The van der Waals surface area contributed by atoms with E-state index in [-0.39, 0.29) is 6.04 Å². The molecule has 1 unspecified atom stereocenters. The van der Waals surface area contributed by atoms with E-state index in [4.69, 9.17) is 14.1 Å². The van der Waals surface area contributed by atoms with Crippen LogP contribution in [-0.4, -0.2) is 56.8 Å². The first-order valence-corrected chi connectivity index (χ1v) is 9.22. The second-order valence-corrected chi connectivity index (χ2v) is 5.97. The summed E-state index contributed by atoms with van der Waals surface area (Å²) in [7, 11) is 0. The minimum Gasteiger partial charge on any atom is -0.468 e.